The van der Waals surface area contributed by atoms with Crippen molar-refractivity contribution in [1.29, 1.82) is 10.5 Å². The summed E-state index contributed by atoms with van der Waals surface area (Å²) in [6.45, 7) is 0. The number of nitrogens with one attached hydrogen (secondary N) is 8. The molecule has 0 saturated carbocycles. The Labute approximate surface area is 682 Å². The smallest absolute Gasteiger partial charge is 0.280 e. The van der Waals surface area contributed by atoms with Gasteiger partial charge in [-0.15, -0.1) is 0 Å². The molecule has 8 N–H and O–H groups in total. The number of anilines is 8. The number of halogens is 3. The molecule has 8 heterocycles. The maximum absolute atomic E-state index is 14.0. The second-order valence-corrected chi connectivity index (χ2v) is 27.4. The average molecular weight is 1600 g/mol. The van der Waals surface area contributed by atoms with Gasteiger partial charge in [0.15, 0.2) is 52.4 Å². The molecule has 0 amide bonds. The zero-order chi connectivity index (χ0) is 81.7. The van der Waals surface area contributed by atoms with E-state index in [1.54, 1.807) is 67.8 Å². The molecule has 0 radical (unpaired) electrons. The third kappa shape index (κ3) is 14.8. The van der Waals surface area contributed by atoms with E-state index in [9.17, 15) is 29.4 Å². The molecule has 13 aromatic carbocycles. The summed E-state index contributed by atoms with van der Waals surface area (Å²) in [5.41, 5.74) is 9.18. The number of methoxy groups -OCH3 is 1. The average Bonchev–Trinajstić information content (AvgIpc) is 0.959. The highest BCUT2D eigenvalue weighted by Crippen LogP contribution is 2.39. The van der Waals surface area contributed by atoms with Crippen LogP contribution in [0, 0.1) is 44.4 Å². The van der Waals surface area contributed by atoms with E-state index in [0.29, 0.717) is 107 Å². The van der Waals surface area contributed by atoms with Crippen molar-refractivity contribution >= 4 is 162 Å². The van der Waals surface area contributed by atoms with Crippen LogP contribution in [-0.4, -0.2) is 92.7 Å². The fraction of sp³-hybridized carbons (Fsp3) is 0.0110. The van der Waals surface area contributed by atoms with Gasteiger partial charge >= 0.3 is 0 Å². The highest BCUT2D eigenvalue weighted by molar-refractivity contribution is 6.36. The van der Waals surface area contributed by atoms with Crippen molar-refractivity contribution in [1.82, 2.24) is 80.7 Å². The number of nitro groups is 1. The minimum absolute atomic E-state index is 0.0426. The van der Waals surface area contributed by atoms with Crippen LogP contribution in [-0.2, 0) is 0 Å². The van der Waals surface area contributed by atoms with E-state index in [0.717, 1.165) is 88.1 Å². The summed E-state index contributed by atoms with van der Waals surface area (Å²) in [5.74, 6) is 5.39. The molecule has 0 aliphatic rings. The SMILES string of the molecule is COc1ccc(-c2nc(Nc3n[nH]c4ccccc34)c3ccccc3n2)c(C#N)c1.Clc1ccc(-c2nc(Nc3n[nH]c4ccccc34)c3ccccc3n2)c2ccccc12.N#Cc1ccccc1-c1nc(Nc2n[nH]c3c(F)cc(F)cc23)c2ccccc2n1.O=[N+]([O-])c1ccccc1-c1nc(Nc2n[nH]c3ccccc23)c2ccccc2n1. The summed E-state index contributed by atoms with van der Waals surface area (Å²) in [4.78, 5) is 48.6. The zero-order valence-electron chi connectivity index (χ0n) is 62.7. The van der Waals surface area contributed by atoms with Gasteiger partial charge in [0, 0.05) is 76.9 Å². The molecule has 8 aromatic heterocycles. The van der Waals surface area contributed by atoms with Crippen molar-refractivity contribution in [2.75, 3.05) is 28.4 Å². The number of hydrogen-bond donors (Lipinski definition) is 8. The fourth-order valence-electron chi connectivity index (χ4n) is 13.9. The van der Waals surface area contributed by atoms with Gasteiger partial charge in [0.05, 0.1) is 78.8 Å². The molecule has 0 atom stereocenters. The van der Waals surface area contributed by atoms with Crippen LogP contribution in [0.5, 0.6) is 5.75 Å². The van der Waals surface area contributed by atoms with E-state index in [-0.39, 0.29) is 28.2 Å². The quantitative estimate of drug-likeness (QED) is 0.0370. The first-order valence-corrected chi connectivity index (χ1v) is 37.5. The summed E-state index contributed by atoms with van der Waals surface area (Å²) in [6, 6.07) is 91.1. The molecule has 0 saturated heterocycles. The highest BCUT2D eigenvalue weighted by Gasteiger charge is 2.23. The highest BCUT2D eigenvalue weighted by atomic mass is 35.5. The standard InChI is InChI=1S/C25H16ClN5.C23H16N6O.C22H12F2N6.C21H14N6O2/c26-20-14-13-17(15-7-1-2-8-16(15)20)23-27-21-11-5-3-9-18(21)24(28-23)29-25-19-10-4-6-12-22(19)30-31-25;1-30-15-10-11-16(14(12-15)13-24)21-25-19-8-4-2-6-17(19)22(26-21)27-23-18-7-3-5-9-20(18)28-29-23;23-13-9-16-19(17(24)10-13)29-30-22(16)28-21-15-7-3-4-8-18(15)26-20(27-21)14-6-2-1-5-12(14)11-25;28-27(29)18-12-6-3-9-15(18)20-22-16-10-4-1-7-13(16)19(23-20)24-21-14-8-2-5-11-17(14)25-26-21/h1-14H,(H2,27,28,29,30,31);2-12H,1H3,(H2,25,26,27,28,29);1-10H,(H2,26,27,28,29,30);1-12H,(H2,22,23,24,25,26). The number of para-hydroxylation sites is 8. The second kappa shape index (κ2) is 32.4. The number of rotatable bonds is 14. The van der Waals surface area contributed by atoms with Gasteiger partial charge in [-0.25, -0.2) is 48.7 Å². The zero-order valence-corrected chi connectivity index (χ0v) is 63.5. The van der Waals surface area contributed by atoms with E-state index in [2.05, 4.69) is 94.1 Å². The Kier molecular flexibility index (Phi) is 20.1. The van der Waals surface area contributed by atoms with Gasteiger partial charge in [0.2, 0.25) is 0 Å². The minimum Gasteiger partial charge on any atom is -0.497 e. The third-order valence-corrected chi connectivity index (χ3v) is 20.0. The number of hydrogen-bond acceptors (Lipinski definition) is 21. The van der Waals surface area contributed by atoms with Crippen molar-refractivity contribution in [3.8, 4) is 63.4 Å². The Hall–Kier alpha value is -17.1. The van der Waals surface area contributed by atoms with Gasteiger partial charge in [-0.2, -0.15) is 30.9 Å². The molecular formula is C91H58ClF2N23O3. The molecule has 0 fully saturated rings. The molecule has 0 unspecified atom stereocenters. The lowest BCUT2D eigenvalue weighted by atomic mass is 10.0. The van der Waals surface area contributed by atoms with Crippen molar-refractivity contribution in [3.05, 3.63) is 323 Å². The van der Waals surface area contributed by atoms with Crippen molar-refractivity contribution < 1.29 is 18.4 Å². The molecule has 21 rings (SSSR count). The number of nitrogens with zero attached hydrogens (tertiary/aromatic N) is 15. The third-order valence-electron chi connectivity index (χ3n) is 19.7. The summed E-state index contributed by atoms with van der Waals surface area (Å²) in [5, 5.41) is 81.6. The van der Waals surface area contributed by atoms with E-state index in [1.807, 2.05) is 206 Å². The predicted molar refractivity (Wildman–Crippen MR) is 462 cm³/mol. The molecule has 0 aliphatic carbocycles. The Morgan fingerprint density at radius 2 is 0.717 bits per heavy atom. The fourth-order valence-corrected chi connectivity index (χ4v) is 14.2. The van der Waals surface area contributed by atoms with Gasteiger partial charge in [0.1, 0.15) is 46.4 Å². The van der Waals surface area contributed by atoms with Crippen molar-refractivity contribution in [3.63, 3.8) is 0 Å². The Morgan fingerprint density at radius 1 is 0.358 bits per heavy atom. The summed E-state index contributed by atoms with van der Waals surface area (Å²) < 4.78 is 33.0. The van der Waals surface area contributed by atoms with Crippen LogP contribution in [0.4, 0.5) is 61.0 Å². The topological polar surface area (TPSA) is 366 Å². The molecule has 21 aromatic rings. The molecule has 576 valence electrons. The first-order valence-electron chi connectivity index (χ1n) is 37.2. The minimum atomic E-state index is -0.735. The number of nitriles is 2. The van der Waals surface area contributed by atoms with Gasteiger partial charge in [-0.05, 0) is 145 Å². The number of aromatic nitrogens is 16. The second-order valence-electron chi connectivity index (χ2n) is 27.0. The summed E-state index contributed by atoms with van der Waals surface area (Å²) >= 11 is 6.43. The van der Waals surface area contributed by atoms with Crippen molar-refractivity contribution in [2.45, 2.75) is 0 Å². The van der Waals surface area contributed by atoms with Crippen LogP contribution in [0.25, 0.3) is 144 Å². The number of fused-ring (bicyclic) bond motifs is 9. The summed E-state index contributed by atoms with van der Waals surface area (Å²) in [6.07, 6.45) is 0. The van der Waals surface area contributed by atoms with E-state index >= 15 is 0 Å². The molecule has 120 heavy (non-hydrogen) atoms. The van der Waals surface area contributed by atoms with Crippen LogP contribution in [0.1, 0.15) is 11.1 Å². The van der Waals surface area contributed by atoms with Crippen LogP contribution in [0.2, 0.25) is 5.02 Å². The van der Waals surface area contributed by atoms with Crippen LogP contribution >= 0.6 is 11.6 Å². The van der Waals surface area contributed by atoms with Crippen molar-refractivity contribution in [2.24, 2.45) is 0 Å². The Bertz CT molecular complexity index is 7670. The number of benzene rings is 13. The van der Waals surface area contributed by atoms with Crippen LogP contribution in [0.15, 0.2) is 285 Å². The first kappa shape index (κ1) is 74.3. The van der Waals surface area contributed by atoms with Crippen LogP contribution in [0.3, 0.4) is 0 Å². The number of H-pyrrole nitrogens is 4. The summed E-state index contributed by atoms with van der Waals surface area (Å²) in [7, 11) is 1.57. The first-order chi connectivity index (χ1) is 58.9. The number of aromatic amines is 4. The molecular weight excluding hydrogens is 1540 g/mol. The largest absolute Gasteiger partial charge is 0.497 e. The van der Waals surface area contributed by atoms with Gasteiger partial charge in [0.25, 0.3) is 5.69 Å². The normalized spacial score (nSPS) is 11.1. The molecule has 0 bridgehead atoms. The Balaban J connectivity index is 0.000000110. The van der Waals surface area contributed by atoms with Crippen LogP contribution < -0.4 is 26.0 Å². The maximum atomic E-state index is 14.0. The van der Waals surface area contributed by atoms with E-state index in [4.69, 9.17) is 36.3 Å². The van der Waals surface area contributed by atoms with E-state index < -0.39 is 16.6 Å². The monoisotopic (exact) mass is 1590 g/mol. The lowest BCUT2D eigenvalue weighted by molar-refractivity contribution is -0.384. The van der Waals surface area contributed by atoms with Gasteiger partial charge < -0.3 is 26.0 Å². The predicted octanol–water partition coefficient (Wildman–Crippen LogP) is 21.4. The molecule has 0 aliphatic heterocycles. The maximum Gasteiger partial charge on any atom is 0.280 e. The lowest BCUT2D eigenvalue weighted by Crippen LogP contribution is -2.01. The van der Waals surface area contributed by atoms with Gasteiger partial charge in [-0.3, -0.25) is 30.5 Å². The lowest BCUT2D eigenvalue weighted by Gasteiger charge is -2.12. The van der Waals surface area contributed by atoms with E-state index in [1.165, 1.54) is 12.1 Å². The molecule has 29 heteroatoms. The Morgan fingerprint density at radius 3 is 1.18 bits per heavy atom. The number of nitro benzene ring substituents is 1. The number of ether oxygens (including phenoxy) is 1. The molecule has 0 spiro atoms. The molecule has 26 nitrogen and oxygen atoms in total. The van der Waals surface area contributed by atoms with Gasteiger partial charge in [-0.1, -0.05) is 145 Å².